The van der Waals surface area contributed by atoms with Crippen LogP contribution in [-0.4, -0.2) is 30.5 Å². The quantitative estimate of drug-likeness (QED) is 0.756. The Labute approximate surface area is 98.6 Å². The van der Waals surface area contributed by atoms with E-state index < -0.39 is 0 Å². The van der Waals surface area contributed by atoms with E-state index in [-0.39, 0.29) is 5.91 Å². The second-order valence-electron chi connectivity index (χ2n) is 3.65. The van der Waals surface area contributed by atoms with Gasteiger partial charge in [0, 0.05) is 32.3 Å². The van der Waals surface area contributed by atoms with E-state index in [1.54, 1.807) is 12.3 Å². The Morgan fingerprint density at radius 1 is 1.50 bits per heavy atom. The van der Waals surface area contributed by atoms with Crippen molar-refractivity contribution in [3.63, 3.8) is 0 Å². The number of nitrogen functional groups attached to an aromatic ring is 1. The standard InChI is InChI=1S/C10H13ClN4O/c11-7-5-8(12)10(14-6-7)15-3-1-9(16)13-2-4-15/h5-6H,1-4,12H2,(H,13,16). The first-order valence-corrected chi connectivity index (χ1v) is 5.47. The summed E-state index contributed by atoms with van der Waals surface area (Å²) in [5.41, 5.74) is 6.39. The van der Waals surface area contributed by atoms with Gasteiger partial charge in [-0.25, -0.2) is 4.98 Å². The van der Waals surface area contributed by atoms with Crippen molar-refractivity contribution in [2.24, 2.45) is 0 Å². The molecule has 5 nitrogen and oxygen atoms in total. The number of nitrogens with one attached hydrogen (secondary N) is 1. The number of rotatable bonds is 1. The molecule has 0 spiro atoms. The molecule has 0 atom stereocenters. The van der Waals surface area contributed by atoms with Gasteiger partial charge in [0.25, 0.3) is 0 Å². The molecule has 6 heteroatoms. The molecule has 16 heavy (non-hydrogen) atoms. The van der Waals surface area contributed by atoms with Crippen LogP contribution >= 0.6 is 11.6 Å². The Bertz CT molecular complexity index is 410. The molecule has 1 aliphatic rings. The number of anilines is 2. The number of pyridine rings is 1. The fourth-order valence-electron chi connectivity index (χ4n) is 1.69. The highest BCUT2D eigenvalue weighted by molar-refractivity contribution is 6.30. The first kappa shape index (κ1) is 11.0. The van der Waals surface area contributed by atoms with E-state index in [1.165, 1.54) is 0 Å². The lowest BCUT2D eigenvalue weighted by Gasteiger charge is -2.21. The van der Waals surface area contributed by atoms with E-state index in [0.717, 1.165) is 0 Å². The van der Waals surface area contributed by atoms with Crippen molar-refractivity contribution in [1.82, 2.24) is 10.3 Å². The zero-order valence-corrected chi connectivity index (χ0v) is 9.50. The second-order valence-corrected chi connectivity index (χ2v) is 4.09. The summed E-state index contributed by atoms with van der Waals surface area (Å²) in [6, 6.07) is 1.67. The van der Waals surface area contributed by atoms with Crippen LogP contribution in [0.4, 0.5) is 11.5 Å². The maximum atomic E-state index is 11.2. The van der Waals surface area contributed by atoms with Crippen LogP contribution in [0.15, 0.2) is 12.3 Å². The van der Waals surface area contributed by atoms with Crippen molar-refractivity contribution in [2.45, 2.75) is 6.42 Å². The molecule has 3 N–H and O–H groups in total. The average Bonchev–Trinajstić information content (AvgIpc) is 2.43. The van der Waals surface area contributed by atoms with Crippen LogP contribution in [0.5, 0.6) is 0 Å². The van der Waals surface area contributed by atoms with Crippen molar-refractivity contribution in [3.8, 4) is 0 Å². The molecule has 1 saturated heterocycles. The number of nitrogens with zero attached hydrogens (tertiary/aromatic N) is 2. The lowest BCUT2D eigenvalue weighted by atomic mass is 10.3. The smallest absolute Gasteiger partial charge is 0.221 e. The molecule has 1 fully saturated rings. The topological polar surface area (TPSA) is 71.2 Å². The van der Waals surface area contributed by atoms with E-state index in [1.807, 2.05) is 4.90 Å². The largest absolute Gasteiger partial charge is 0.396 e. The van der Waals surface area contributed by atoms with Crippen LogP contribution in [0.1, 0.15) is 6.42 Å². The van der Waals surface area contributed by atoms with E-state index >= 15 is 0 Å². The number of carbonyl (C=O) groups excluding carboxylic acids is 1. The molecule has 0 aromatic carbocycles. The second kappa shape index (κ2) is 4.57. The third kappa shape index (κ3) is 2.36. The lowest BCUT2D eigenvalue weighted by molar-refractivity contribution is -0.120. The third-order valence-electron chi connectivity index (χ3n) is 2.47. The third-order valence-corrected chi connectivity index (χ3v) is 2.68. The number of carbonyl (C=O) groups is 1. The summed E-state index contributed by atoms with van der Waals surface area (Å²) in [4.78, 5) is 17.4. The summed E-state index contributed by atoms with van der Waals surface area (Å²) in [5.74, 6) is 0.760. The van der Waals surface area contributed by atoms with Gasteiger partial charge in [0.1, 0.15) is 0 Å². The monoisotopic (exact) mass is 240 g/mol. The zero-order chi connectivity index (χ0) is 11.5. The molecule has 0 aliphatic carbocycles. The van der Waals surface area contributed by atoms with Gasteiger partial charge in [-0.1, -0.05) is 11.6 Å². The Kier molecular flexibility index (Phi) is 3.14. The van der Waals surface area contributed by atoms with E-state index in [2.05, 4.69) is 10.3 Å². The SMILES string of the molecule is Nc1cc(Cl)cnc1N1CCNC(=O)CC1. The predicted octanol–water partition coefficient (Wildman–Crippen LogP) is 0.643. The highest BCUT2D eigenvalue weighted by atomic mass is 35.5. The van der Waals surface area contributed by atoms with Crippen molar-refractivity contribution >= 4 is 29.0 Å². The van der Waals surface area contributed by atoms with Crippen molar-refractivity contribution in [2.75, 3.05) is 30.3 Å². The summed E-state index contributed by atoms with van der Waals surface area (Å²) in [5, 5.41) is 3.32. The highest BCUT2D eigenvalue weighted by Crippen LogP contribution is 2.23. The van der Waals surface area contributed by atoms with Crippen LogP contribution in [-0.2, 0) is 4.79 Å². The summed E-state index contributed by atoms with van der Waals surface area (Å²) in [6.07, 6.45) is 2.02. The lowest BCUT2D eigenvalue weighted by Crippen LogP contribution is -2.29. The Morgan fingerprint density at radius 2 is 2.31 bits per heavy atom. The van der Waals surface area contributed by atoms with Gasteiger partial charge >= 0.3 is 0 Å². The van der Waals surface area contributed by atoms with Crippen LogP contribution in [0.25, 0.3) is 0 Å². The number of amides is 1. The molecule has 0 radical (unpaired) electrons. The highest BCUT2D eigenvalue weighted by Gasteiger charge is 2.16. The van der Waals surface area contributed by atoms with Crippen LogP contribution < -0.4 is 16.0 Å². The summed E-state index contributed by atoms with van der Waals surface area (Å²) in [7, 11) is 0. The summed E-state index contributed by atoms with van der Waals surface area (Å²) >= 11 is 5.78. The molecule has 2 rings (SSSR count). The number of hydrogen-bond donors (Lipinski definition) is 2. The Morgan fingerprint density at radius 3 is 3.06 bits per heavy atom. The van der Waals surface area contributed by atoms with E-state index in [0.29, 0.717) is 42.6 Å². The zero-order valence-electron chi connectivity index (χ0n) is 8.74. The minimum Gasteiger partial charge on any atom is -0.396 e. The number of aromatic nitrogens is 1. The van der Waals surface area contributed by atoms with Gasteiger partial charge in [0.05, 0.1) is 10.7 Å². The fraction of sp³-hybridized carbons (Fsp3) is 0.400. The maximum absolute atomic E-state index is 11.2. The summed E-state index contributed by atoms with van der Waals surface area (Å²) < 4.78 is 0. The molecule has 1 aromatic rings. The van der Waals surface area contributed by atoms with E-state index in [9.17, 15) is 4.79 Å². The van der Waals surface area contributed by atoms with Gasteiger partial charge in [-0.2, -0.15) is 0 Å². The molecule has 0 unspecified atom stereocenters. The Balaban J connectivity index is 2.19. The Hall–Kier alpha value is -1.49. The first-order valence-electron chi connectivity index (χ1n) is 5.09. The van der Waals surface area contributed by atoms with Gasteiger partial charge in [0.2, 0.25) is 5.91 Å². The molecular weight excluding hydrogens is 228 g/mol. The van der Waals surface area contributed by atoms with Crippen LogP contribution in [0.3, 0.4) is 0 Å². The molecule has 86 valence electrons. The van der Waals surface area contributed by atoms with Gasteiger partial charge in [-0.05, 0) is 6.07 Å². The minimum atomic E-state index is 0.0648. The van der Waals surface area contributed by atoms with Gasteiger partial charge in [-0.3, -0.25) is 4.79 Å². The number of nitrogens with two attached hydrogens (primary N) is 1. The molecule has 1 amide bonds. The molecule has 2 heterocycles. The molecule has 0 saturated carbocycles. The molecule has 0 bridgehead atoms. The van der Waals surface area contributed by atoms with Crippen molar-refractivity contribution in [3.05, 3.63) is 17.3 Å². The van der Waals surface area contributed by atoms with Gasteiger partial charge < -0.3 is 16.0 Å². The van der Waals surface area contributed by atoms with E-state index in [4.69, 9.17) is 17.3 Å². The normalized spacial score (nSPS) is 16.8. The molecule has 1 aromatic heterocycles. The van der Waals surface area contributed by atoms with Crippen LogP contribution in [0.2, 0.25) is 5.02 Å². The molecular formula is C10H13ClN4O. The summed E-state index contributed by atoms with van der Waals surface area (Å²) in [6.45, 7) is 1.96. The predicted molar refractivity (Wildman–Crippen MR) is 63.5 cm³/mol. The maximum Gasteiger partial charge on any atom is 0.221 e. The first-order chi connectivity index (χ1) is 7.66. The average molecular weight is 241 g/mol. The number of hydrogen-bond acceptors (Lipinski definition) is 4. The number of halogens is 1. The van der Waals surface area contributed by atoms with Gasteiger partial charge in [0.15, 0.2) is 5.82 Å². The van der Waals surface area contributed by atoms with Crippen molar-refractivity contribution in [1.29, 1.82) is 0 Å². The molecule has 1 aliphatic heterocycles. The minimum absolute atomic E-state index is 0.0648. The van der Waals surface area contributed by atoms with Crippen LogP contribution in [0, 0.1) is 0 Å². The van der Waals surface area contributed by atoms with Gasteiger partial charge in [-0.15, -0.1) is 0 Å². The van der Waals surface area contributed by atoms with Crippen molar-refractivity contribution < 1.29 is 4.79 Å². The fourth-order valence-corrected chi connectivity index (χ4v) is 1.86.